The predicted octanol–water partition coefficient (Wildman–Crippen LogP) is 3.57. The number of likely N-dealkylation sites (tertiary alicyclic amines) is 1. The van der Waals surface area contributed by atoms with Crippen LogP contribution in [0.25, 0.3) is 0 Å². The zero-order valence-electron chi connectivity index (χ0n) is 10.5. The van der Waals surface area contributed by atoms with Crippen LogP contribution in [0, 0.1) is 0 Å². The van der Waals surface area contributed by atoms with Crippen molar-refractivity contribution in [1.82, 2.24) is 4.90 Å². The van der Waals surface area contributed by atoms with Gasteiger partial charge in [-0.2, -0.15) is 0 Å². The molecule has 4 heteroatoms. The van der Waals surface area contributed by atoms with Gasteiger partial charge in [0.05, 0.1) is 6.61 Å². The number of hydrogen-bond acceptors (Lipinski definition) is 3. The van der Waals surface area contributed by atoms with Crippen LogP contribution in [0.5, 0.6) is 5.75 Å². The molecule has 0 aliphatic carbocycles. The maximum atomic E-state index is 5.64. The van der Waals surface area contributed by atoms with E-state index < -0.39 is 0 Å². The first kappa shape index (κ1) is 13.7. The Labute approximate surface area is 119 Å². The molecular formula is C14H19NOS2. The first-order valence-corrected chi connectivity index (χ1v) is 7.85. The minimum absolute atomic E-state index is 0.764. The Morgan fingerprint density at radius 3 is 2.67 bits per heavy atom. The topological polar surface area (TPSA) is 12.5 Å². The van der Waals surface area contributed by atoms with Gasteiger partial charge in [-0.15, -0.1) is 0 Å². The van der Waals surface area contributed by atoms with Crippen molar-refractivity contribution in [2.45, 2.75) is 19.3 Å². The molecule has 0 saturated carbocycles. The van der Waals surface area contributed by atoms with Crippen molar-refractivity contribution in [3.8, 4) is 5.75 Å². The molecule has 2 nitrogen and oxygen atoms in total. The fraction of sp³-hybridized carbons (Fsp3) is 0.500. The summed E-state index contributed by atoms with van der Waals surface area (Å²) in [7, 11) is 0. The van der Waals surface area contributed by atoms with Crippen molar-refractivity contribution in [2.24, 2.45) is 0 Å². The van der Waals surface area contributed by atoms with Gasteiger partial charge in [-0.1, -0.05) is 42.2 Å². The van der Waals surface area contributed by atoms with Crippen LogP contribution < -0.4 is 4.74 Å². The van der Waals surface area contributed by atoms with Gasteiger partial charge in [-0.05, 0) is 31.4 Å². The summed E-state index contributed by atoms with van der Waals surface area (Å²) in [6.45, 7) is 3.05. The lowest BCUT2D eigenvalue weighted by Gasteiger charge is -2.17. The van der Waals surface area contributed by atoms with E-state index in [1.807, 2.05) is 30.3 Å². The lowest BCUT2D eigenvalue weighted by molar-refractivity contribution is 0.319. The summed E-state index contributed by atoms with van der Waals surface area (Å²) < 4.78 is 6.71. The largest absolute Gasteiger partial charge is 0.494 e. The third kappa shape index (κ3) is 4.50. The molecule has 0 atom stereocenters. The highest BCUT2D eigenvalue weighted by molar-refractivity contribution is 8.22. The second kappa shape index (κ2) is 7.64. The van der Waals surface area contributed by atoms with E-state index in [1.54, 1.807) is 11.8 Å². The van der Waals surface area contributed by atoms with Crippen molar-refractivity contribution in [2.75, 3.05) is 25.4 Å². The van der Waals surface area contributed by atoms with Crippen molar-refractivity contribution >= 4 is 28.3 Å². The third-order valence-corrected chi connectivity index (χ3v) is 4.50. The van der Waals surface area contributed by atoms with Crippen LogP contribution in [0.1, 0.15) is 19.3 Å². The van der Waals surface area contributed by atoms with Crippen LogP contribution in [0.15, 0.2) is 30.3 Å². The van der Waals surface area contributed by atoms with Gasteiger partial charge in [0.2, 0.25) is 0 Å². The van der Waals surface area contributed by atoms with Crippen molar-refractivity contribution < 1.29 is 4.74 Å². The van der Waals surface area contributed by atoms with Crippen molar-refractivity contribution in [1.29, 1.82) is 0 Å². The molecule has 1 fully saturated rings. The predicted molar refractivity (Wildman–Crippen MR) is 82.4 cm³/mol. The molecule has 1 heterocycles. The van der Waals surface area contributed by atoms with Gasteiger partial charge in [0.1, 0.15) is 10.1 Å². The standard InChI is InChI=1S/C14H19NOS2/c17-14(15-9-4-5-10-15)18-12-6-11-16-13-7-2-1-3-8-13/h1-3,7-8H,4-6,9-12H2. The quantitative estimate of drug-likeness (QED) is 0.604. The average Bonchev–Trinajstić information content (AvgIpc) is 2.93. The van der Waals surface area contributed by atoms with E-state index in [0.717, 1.165) is 41.9 Å². The summed E-state index contributed by atoms with van der Waals surface area (Å²) in [6.07, 6.45) is 3.61. The maximum absolute atomic E-state index is 5.64. The fourth-order valence-corrected chi connectivity index (χ4v) is 3.15. The van der Waals surface area contributed by atoms with Crippen molar-refractivity contribution in [3.63, 3.8) is 0 Å². The molecule has 1 aliphatic heterocycles. The zero-order valence-corrected chi connectivity index (χ0v) is 12.1. The van der Waals surface area contributed by atoms with Gasteiger partial charge in [0.15, 0.2) is 0 Å². The average molecular weight is 281 g/mol. The van der Waals surface area contributed by atoms with Crippen LogP contribution in [0.4, 0.5) is 0 Å². The Kier molecular flexibility index (Phi) is 5.81. The Morgan fingerprint density at radius 1 is 1.22 bits per heavy atom. The number of thiocarbonyl (C=S) groups is 1. The molecule has 0 aromatic heterocycles. The number of hydrogen-bond donors (Lipinski definition) is 0. The molecule has 1 saturated heterocycles. The number of benzene rings is 1. The van der Waals surface area contributed by atoms with Gasteiger partial charge in [0.25, 0.3) is 0 Å². The Hall–Kier alpha value is -0.740. The number of thioether (sulfide) groups is 1. The van der Waals surface area contributed by atoms with E-state index in [-0.39, 0.29) is 0 Å². The number of rotatable bonds is 5. The van der Waals surface area contributed by atoms with Gasteiger partial charge < -0.3 is 9.64 Å². The maximum Gasteiger partial charge on any atom is 0.136 e. The molecule has 0 N–H and O–H groups in total. The highest BCUT2D eigenvalue weighted by Gasteiger charge is 2.14. The Morgan fingerprint density at radius 2 is 1.94 bits per heavy atom. The molecule has 0 bridgehead atoms. The van der Waals surface area contributed by atoms with Crippen LogP contribution in [0.3, 0.4) is 0 Å². The second-order valence-electron chi connectivity index (χ2n) is 4.32. The monoisotopic (exact) mass is 281 g/mol. The molecule has 0 amide bonds. The van der Waals surface area contributed by atoms with Gasteiger partial charge in [0, 0.05) is 18.8 Å². The number of para-hydroxylation sites is 1. The first-order chi connectivity index (χ1) is 8.86. The summed E-state index contributed by atoms with van der Waals surface area (Å²) in [5.74, 6) is 1.99. The SMILES string of the molecule is S=C(SCCCOc1ccccc1)N1CCCC1. The van der Waals surface area contributed by atoms with E-state index in [1.165, 1.54) is 12.8 Å². The molecule has 0 radical (unpaired) electrons. The summed E-state index contributed by atoms with van der Waals surface area (Å²) >= 11 is 7.19. The van der Waals surface area contributed by atoms with Crippen molar-refractivity contribution in [3.05, 3.63) is 30.3 Å². The van der Waals surface area contributed by atoms with Crippen LogP contribution in [0.2, 0.25) is 0 Å². The van der Waals surface area contributed by atoms with Crippen LogP contribution in [-0.4, -0.2) is 34.7 Å². The number of ether oxygens (including phenoxy) is 1. The first-order valence-electron chi connectivity index (χ1n) is 6.46. The van der Waals surface area contributed by atoms with E-state index in [9.17, 15) is 0 Å². The van der Waals surface area contributed by atoms with E-state index in [4.69, 9.17) is 17.0 Å². The summed E-state index contributed by atoms with van der Waals surface area (Å²) in [6, 6.07) is 9.96. The lowest BCUT2D eigenvalue weighted by atomic mass is 10.3. The molecule has 0 spiro atoms. The Bertz CT molecular complexity index is 363. The summed E-state index contributed by atoms with van der Waals surface area (Å²) in [5, 5.41) is 0. The lowest BCUT2D eigenvalue weighted by Crippen LogP contribution is -2.23. The molecule has 1 aromatic carbocycles. The molecule has 2 rings (SSSR count). The number of nitrogens with zero attached hydrogens (tertiary/aromatic N) is 1. The van der Waals surface area contributed by atoms with Gasteiger partial charge in [-0.25, -0.2) is 0 Å². The fourth-order valence-electron chi connectivity index (χ4n) is 1.92. The third-order valence-electron chi connectivity index (χ3n) is 2.89. The highest BCUT2D eigenvalue weighted by Crippen LogP contribution is 2.17. The highest BCUT2D eigenvalue weighted by atomic mass is 32.2. The molecule has 0 unspecified atom stereocenters. The van der Waals surface area contributed by atoms with E-state index in [2.05, 4.69) is 4.90 Å². The Balaban J connectivity index is 1.54. The molecule has 98 valence electrons. The van der Waals surface area contributed by atoms with Gasteiger partial charge >= 0.3 is 0 Å². The molecule has 1 aliphatic rings. The van der Waals surface area contributed by atoms with E-state index >= 15 is 0 Å². The smallest absolute Gasteiger partial charge is 0.136 e. The molecule has 18 heavy (non-hydrogen) atoms. The second-order valence-corrected chi connectivity index (χ2v) is 6.05. The molecule has 1 aromatic rings. The van der Waals surface area contributed by atoms with Gasteiger partial charge in [-0.3, -0.25) is 0 Å². The molecular weight excluding hydrogens is 262 g/mol. The zero-order chi connectivity index (χ0) is 12.6. The van der Waals surface area contributed by atoms with Crippen LogP contribution >= 0.6 is 24.0 Å². The van der Waals surface area contributed by atoms with Crippen LogP contribution in [-0.2, 0) is 0 Å². The van der Waals surface area contributed by atoms with E-state index in [0.29, 0.717) is 0 Å². The normalized spacial score (nSPS) is 14.8. The minimum Gasteiger partial charge on any atom is -0.494 e. The summed E-state index contributed by atoms with van der Waals surface area (Å²) in [5.41, 5.74) is 0. The minimum atomic E-state index is 0.764. The summed E-state index contributed by atoms with van der Waals surface area (Å²) in [4.78, 5) is 2.32.